The van der Waals surface area contributed by atoms with Crippen LogP contribution in [0.4, 0.5) is 19.0 Å². The Hall–Kier alpha value is -2.72. The summed E-state index contributed by atoms with van der Waals surface area (Å²) in [5, 5.41) is 16.2. The van der Waals surface area contributed by atoms with Crippen LogP contribution >= 0.6 is 0 Å². The van der Waals surface area contributed by atoms with Gasteiger partial charge in [-0.05, 0) is 26.0 Å². The second-order valence-electron chi connectivity index (χ2n) is 7.53. The second kappa shape index (κ2) is 8.19. The molecule has 2 aromatic rings. The van der Waals surface area contributed by atoms with Gasteiger partial charge in [0.1, 0.15) is 24.9 Å². The number of quaternary nitrogens is 1. The minimum atomic E-state index is -4.29. The van der Waals surface area contributed by atoms with Crippen LogP contribution in [-0.2, 0) is 17.9 Å². The minimum absolute atomic E-state index is 0.120. The predicted octanol–water partition coefficient (Wildman–Crippen LogP) is 4.16. The van der Waals surface area contributed by atoms with E-state index in [1.165, 1.54) is 13.1 Å². The van der Waals surface area contributed by atoms with Crippen molar-refractivity contribution < 1.29 is 27.3 Å². The van der Waals surface area contributed by atoms with Crippen LogP contribution in [-0.4, -0.2) is 33.3 Å². The molecule has 0 spiro atoms. The third-order valence-electron chi connectivity index (χ3n) is 5.17. The molecule has 0 saturated carbocycles. The number of nitrogens with zero attached hydrogens (tertiary/aromatic N) is 3. The van der Waals surface area contributed by atoms with Gasteiger partial charge in [-0.2, -0.15) is 13.2 Å². The smallest absolute Gasteiger partial charge is 0.392 e. The fourth-order valence-electron chi connectivity index (χ4n) is 3.52. The summed E-state index contributed by atoms with van der Waals surface area (Å²) in [5.41, 5.74) is 2.76. The summed E-state index contributed by atoms with van der Waals surface area (Å²) >= 11 is 0. The van der Waals surface area contributed by atoms with Gasteiger partial charge in [-0.15, -0.1) is 0 Å². The number of pyridine rings is 2. The Morgan fingerprint density at radius 1 is 1.37 bits per heavy atom. The van der Waals surface area contributed by atoms with Gasteiger partial charge in [-0.3, -0.25) is 4.79 Å². The third-order valence-corrected chi connectivity index (χ3v) is 5.17. The van der Waals surface area contributed by atoms with Crippen LogP contribution in [0.15, 0.2) is 24.5 Å². The normalized spacial score (nSPS) is 19.3. The average molecular weight is 424 g/mol. The van der Waals surface area contributed by atoms with Crippen molar-refractivity contribution in [3.63, 3.8) is 0 Å². The van der Waals surface area contributed by atoms with E-state index in [2.05, 4.69) is 15.3 Å². The molecule has 2 unspecified atom stereocenters. The number of fused-ring (bicyclic) bond motifs is 1. The van der Waals surface area contributed by atoms with E-state index < -0.39 is 29.9 Å². The first kappa shape index (κ1) is 22.0. The van der Waals surface area contributed by atoms with Crippen molar-refractivity contribution in [1.29, 1.82) is 0 Å². The van der Waals surface area contributed by atoms with E-state index in [1.54, 1.807) is 32.2 Å². The lowest BCUT2D eigenvalue weighted by Gasteiger charge is -2.44. The van der Waals surface area contributed by atoms with E-state index in [9.17, 15) is 23.2 Å². The number of rotatable bonds is 6. The Morgan fingerprint density at radius 2 is 2.10 bits per heavy atom. The molecule has 0 bridgehead atoms. The monoisotopic (exact) mass is 424 g/mol. The summed E-state index contributed by atoms with van der Waals surface area (Å²) in [6.45, 7) is 4.69. The number of hydrogen-bond acceptors (Lipinski definition) is 5. The Bertz CT molecular complexity index is 951. The van der Waals surface area contributed by atoms with Crippen molar-refractivity contribution in [2.75, 3.05) is 11.9 Å². The molecule has 1 aliphatic rings. The summed E-state index contributed by atoms with van der Waals surface area (Å²) in [4.78, 5) is 19.7. The molecule has 7 nitrogen and oxygen atoms in total. The van der Waals surface area contributed by atoms with Crippen molar-refractivity contribution >= 4 is 11.7 Å². The van der Waals surface area contributed by atoms with Crippen LogP contribution < -0.4 is 10.1 Å². The summed E-state index contributed by atoms with van der Waals surface area (Å²) in [6.07, 6.45) is -2.33. The van der Waals surface area contributed by atoms with Crippen molar-refractivity contribution in [3.05, 3.63) is 52.0 Å². The topological polar surface area (TPSA) is 87.2 Å². The van der Waals surface area contributed by atoms with Gasteiger partial charge in [0.15, 0.2) is 0 Å². The number of aromatic nitrogens is 2. The van der Waals surface area contributed by atoms with Crippen LogP contribution in [0.3, 0.4) is 0 Å². The maximum absolute atomic E-state index is 13.6. The van der Waals surface area contributed by atoms with Crippen molar-refractivity contribution in [2.24, 2.45) is 0 Å². The number of nitrogens with one attached hydrogen (secondary N) is 1. The molecule has 1 aliphatic heterocycles. The molecule has 10 heteroatoms. The van der Waals surface area contributed by atoms with Crippen molar-refractivity contribution in [1.82, 2.24) is 9.97 Å². The van der Waals surface area contributed by atoms with Crippen LogP contribution in [0, 0.1) is 12.1 Å². The second-order valence-corrected chi connectivity index (χ2v) is 7.53. The molecule has 162 valence electrons. The van der Waals surface area contributed by atoms with Crippen LogP contribution in [0.2, 0.25) is 0 Å². The van der Waals surface area contributed by atoms with Crippen LogP contribution in [0.1, 0.15) is 48.6 Å². The summed E-state index contributed by atoms with van der Waals surface area (Å²) in [5.74, 6) is 0.251. The highest BCUT2D eigenvalue weighted by molar-refractivity contribution is 5.88. The molecule has 0 radical (unpaired) electrons. The quantitative estimate of drug-likeness (QED) is 0.556. The fraction of sp³-hybridized carbons (Fsp3) is 0.450. The lowest BCUT2D eigenvalue weighted by Crippen LogP contribution is -2.38. The Balaban J connectivity index is 1.75. The first-order valence-electron chi connectivity index (χ1n) is 9.47. The highest BCUT2D eigenvalue weighted by atomic mass is 19.4. The minimum Gasteiger partial charge on any atom is -0.632 e. The molecule has 0 saturated heterocycles. The van der Waals surface area contributed by atoms with E-state index >= 15 is 0 Å². The van der Waals surface area contributed by atoms with E-state index in [1.807, 2.05) is 0 Å². The van der Waals surface area contributed by atoms with E-state index in [0.717, 1.165) is 5.56 Å². The number of amides is 1. The SMILES string of the molecule is CC(=O)Nc1nccc2c1C[N+]([O-])(C(C)c1cnc(OCCC(F)(F)F)c(C)c1)C2. The lowest BCUT2D eigenvalue weighted by molar-refractivity contribution is -0.928. The van der Waals surface area contributed by atoms with E-state index in [-0.39, 0.29) is 24.9 Å². The van der Waals surface area contributed by atoms with Crippen molar-refractivity contribution in [3.8, 4) is 5.88 Å². The number of alkyl halides is 3. The molecule has 1 N–H and O–H groups in total. The number of aryl methyl sites for hydroxylation is 1. The van der Waals surface area contributed by atoms with Gasteiger partial charge in [0.05, 0.1) is 18.6 Å². The Morgan fingerprint density at radius 3 is 2.73 bits per heavy atom. The molecule has 3 heterocycles. The van der Waals surface area contributed by atoms with Gasteiger partial charge < -0.3 is 19.9 Å². The van der Waals surface area contributed by atoms with Gasteiger partial charge in [0, 0.05) is 36.0 Å². The zero-order chi connectivity index (χ0) is 22.1. The van der Waals surface area contributed by atoms with E-state index in [4.69, 9.17) is 4.74 Å². The zero-order valence-electron chi connectivity index (χ0n) is 16.9. The van der Waals surface area contributed by atoms with E-state index in [0.29, 0.717) is 22.5 Å². The number of ether oxygens (including phenoxy) is 1. The number of hydrogen-bond donors (Lipinski definition) is 1. The molecule has 2 atom stereocenters. The molecule has 0 fully saturated rings. The average Bonchev–Trinajstić information content (AvgIpc) is 3.00. The predicted molar refractivity (Wildman–Crippen MR) is 103 cm³/mol. The van der Waals surface area contributed by atoms with Gasteiger partial charge in [0.25, 0.3) is 0 Å². The largest absolute Gasteiger partial charge is 0.632 e. The zero-order valence-corrected chi connectivity index (χ0v) is 16.9. The summed E-state index contributed by atoms with van der Waals surface area (Å²) in [6, 6.07) is 3.00. The Kier molecular flexibility index (Phi) is 6.00. The molecule has 0 aliphatic carbocycles. The summed E-state index contributed by atoms with van der Waals surface area (Å²) < 4.78 is 41.4. The van der Waals surface area contributed by atoms with Gasteiger partial charge >= 0.3 is 6.18 Å². The maximum Gasteiger partial charge on any atom is 0.392 e. The Labute approximate surface area is 172 Å². The molecule has 3 rings (SSSR count). The first-order chi connectivity index (χ1) is 14.0. The lowest BCUT2D eigenvalue weighted by atomic mass is 10.1. The molecular weight excluding hydrogens is 401 g/mol. The van der Waals surface area contributed by atoms with Crippen LogP contribution in [0.5, 0.6) is 5.88 Å². The molecular formula is C20H23F3N4O3. The highest BCUT2D eigenvalue weighted by Gasteiger charge is 2.36. The molecule has 30 heavy (non-hydrogen) atoms. The van der Waals surface area contributed by atoms with Gasteiger partial charge in [-0.25, -0.2) is 9.97 Å². The summed E-state index contributed by atoms with van der Waals surface area (Å²) in [7, 11) is 0. The molecule has 2 aromatic heterocycles. The highest BCUT2D eigenvalue weighted by Crippen LogP contribution is 2.40. The van der Waals surface area contributed by atoms with Gasteiger partial charge in [-0.1, -0.05) is 0 Å². The maximum atomic E-state index is 13.6. The fourth-order valence-corrected chi connectivity index (χ4v) is 3.52. The molecule has 0 aromatic carbocycles. The number of hydroxylamine groups is 3. The van der Waals surface area contributed by atoms with Crippen LogP contribution in [0.25, 0.3) is 0 Å². The number of anilines is 1. The van der Waals surface area contributed by atoms with Crippen molar-refractivity contribution in [2.45, 2.75) is 52.5 Å². The standard InChI is InChI=1S/C20H23F3N4O3/c1-12-8-16(9-25-19(12)30-7-5-20(21,22)23)13(2)27(29)10-15-4-6-24-18(17(15)11-27)26-14(3)28/h4,6,8-9,13H,5,7,10-11H2,1-3H3,(H,24,26,28). The number of carbonyl (C=O) groups is 1. The van der Waals surface area contributed by atoms with Gasteiger partial charge in [0.2, 0.25) is 11.8 Å². The third kappa shape index (κ3) is 4.88. The molecule has 1 amide bonds. The number of carbonyl (C=O) groups excluding carboxylic acids is 1. The number of halogens is 3. The first-order valence-corrected chi connectivity index (χ1v) is 9.47.